The van der Waals surface area contributed by atoms with Gasteiger partial charge in [0.05, 0.1) is 13.2 Å². The number of ether oxygens (including phenoxy) is 1. The second kappa shape index (κ2) is 3.91. The van der Waals surface area contributed by atoms with Crippen LogP contribution in [0.25, 0.3) is 0 Å². The first-order valence-corrected chi connectivity index (χ1v) is 3.86. The van der Waals surface area contributed by atoms with Crippen LogP contribution in [-0.4, -0.2) is 43.8 Å². The highest BCUT2D eigenvalue weighted by atomic mass is 16.5. The molecule has 2 N–H and O–H groups in total. The van der Waals surface area contributed by atoms with Crippen molar-refractivity contribution < 1.29 is 4.74 Å². The Labute approximate surface area is 62.1 Å². The largest absolute Gasteiger partial charge is 0.379 e. The second-order valence-electron chi connectivity index (χ2n) is 2.75. The van der Waals surface area contributed by atoms with Crippen LogP contribution < -0.4 is 5.73 Å². The zero-order valence-corrected chi connectivity index (χ0v) is 6.55. The Balaban J connectivity index is 2.25. The van der Waals surface area contributed by atoms with Crippen molar-refractivity contribution in [1.82, 2.24) is 4.90 Å². The predicted molar refractivity (Wildman–Crippen MR) is 40.9 cm³/mol. The summed E-state index contributed by atoms with van der Waals surface area (Å²) in [6.45, 7) is 6.70. The molecule has 0 aromatic heterocycles. The van der Waals surface area contributed by atoms with Crippen LogP contribution in [0.4, 0.5) is 0 Å². The number of nitrogens with zero attached hydrogens (tertiary/aromatic N) is 1. The van der Waals surface area contributed by atoms with Gasteiger partial charge in [0.2, 0.25) is 0 Å². The Morgan fingerprint density at radius 3 is 3.10 bits per heavy atom. The first-order chi connectivity index (χ1) is 4.84. The number of hydrogen-bond donors (Lipinski definition) is 1. The summed E-state index contributed by atoms with van der Waals surface area (Å²) in [7, 11) is 0. The fraction of sp³-hybridized carbons (Fsp3) is 1.00. The van der Waals surface area contributed by atoms with Crippen LogP contribution in [0.3, 0.4) is 0 Å². The van der Waals surface area contributed by atoms with Gasteiger partial charge in [-0.15, -0.1) is 0 Å². The van der Waals surface area contributed by atoms with Crippen LogP contribution in [0.15, 0.2) is 0 Å². The van der Waals surface area contributed by atoms with Crippen LogP contribution >= 0.6 is 0 Å². The molecule has 0 unspecified atom stereocenters. The maximum absolute atomic E-state index is 5.44. The van der Waals surface area contributed by atoms with Crippen LogP contribution in [0, 0.1) is 0 Å². The Morgan fingerprint density at radius 2 is 2.50 bits per heavy atom. The minimum Gasteiger partial charge on any atom is -0.379 e. The summed E-state index contributed by atoms with van der Waals surface area (Å²) in [5.41, 5.74) is 5.44. The van der Waals surface area contributed by atoms with E-state index in [0.29, 0.717) is 6.04 Å². The van der Waals surface area contributed by atoms with Gasteiger partial charge in [0.1, 0.15) is 0 Å². The molecule has 0 spiro atoms. The maximum Gasteiger partial charge on any atom is 0.0619 e. The molecule has 1 saturated heterocycles. The normalized spacial score (nSPS) is 28.8. The molecular weight excluding hydrogens is 128 g/mol. The molecule has 10 heavy (non-hydrogen) atoms. The van der Waals surface area contributed by atoms with E-state index in [1.165, 1.54) is 0 Å². The SMILES string of the molecule is C[C@@H]1COCCN1CCN. The standard InChI is InChI=1S/C7H16N2O/c1-7-6-10-5-4-9(7)3-2-8/h7H,2-6,8H2,1H3/t7-/m1/s1. The molecule has 1 fully saturated rings. The number of hydrogen-bond acceptors (Lipinski definition) is 3. The van der Waals surface area contributed by atoms with E-state index in [2.05, 4.69) is 11.8 Å². The molecule has 3 heteroatoms. The number of rotatable bonds is 2. The maximum atomic E-state index is 5.44. The van der Waals surface area contributed by atoms with Gasteiger partial charge in [-0.25, -0.2) is 0 Å². The van der Waals surface area contributed by atoms with Crippen molar-refractivity contribution in [3.63, 3.8) is 0 Å². The summed E-state index contributed by atoms with van der Waals surface area (Å²) in [5, 5.41) is 0. The fourth-order valence-electron chi connectivity index (χ4n) is 1.26. The van der Waals surface area contributed by atoms with Crippen LogP contribution in [-0.2, 0) is 4.74 Å². The molecule has 1 rings (SSSR count). The van der Waals surface area contributed by atoms with E-state index in [1.807, 2.05) is 0 Å². The highest BCUT2D eigenvalue weighted by Crippen LogP contribution is 2.03. The third-order valence-electron chi connectivity index (χ3n) is 1.92. The minimum atomic E-state index is 0.553. The van der Waals surface area contributed by atoms with Gasteiger partial charge in [-0.05, 0) is 6.92 Å². The third-order valence-corrected chi connectivity index (χ3v) is 1.92. The predicted octanol–water partition coefficient (Wildman–Crippen LogP) is -0.334. The smallest absolute Gasteiger partial charge is 0.0619 e. The number of nitrogens with two attached hydrogens (primary N) is 1. The van der Waals surface area contributed by atoms with Gasteiger partial charge in [-0.2, -0.15) is 0 Å². The van der Waals surface area contributed by atoms with Gasteiger partial charge < -0.3 is 10.5 Å². The van der Waals surface area contributed by atoms with E-state index < -0.39 is 0 Å². The lowest BCUT2D eigenvalue weighted by molar-refractivity contribution is 0.00137. The summed E-state index contributed by atoms with van der Waals surface area (Å²) < 4.78 is 5.28. The fourth-order valence-corrected chi connectivity index (χ4v) is 1.26. The zero-order chi connectivity index (χ0) is 7.40. The van der Waals surface area contributed by atoms with Crippen LogP contribution in [0.5, 0.6) is 0 Å². The summed E-state index contributed by atoms with van der Waals surface area (Å²) in [6, 6.07) is 0.553. The minimum absolute atomic E-state index is 0.553. The Morgan fingerprint density at radius 1 is 1.70 bits per heavy atom. The monoisotopic (exact) mass is 144 g/mol. The lowest BCUT2D eigenvalue weighted by Crippen LogP contribution is -2.45. The quantitative estimate of drug-likeness (QED) is 0.576. The molecule has 0 amide bonds. The molecule has 0 aromatic rings. The Kier molecular flexibility index (Phi) is 3.12. The van der Waals surface area contributed by atoms with Gasteiger partial charge in [0.25, 0.3) is 0 Å². The molecule has 0 bridgehead atoms. The van der Waals surface area contributed by atoms with Crippen molar-refractivity contribution in [1.29, 1.82) is 0 Å². The van der Waals surface area contributed by atoms with Crippen molar-refractivity contribution in [2.45, 2.75) is 13.0 Å². The molecule has 1 atom stereocenters. The molecule has 1 aliphatic rings. The van der Waals surface area contributed by atoms with Gasteiger partial charge in [-0.3, -0.25) is 4.90 Å². The molecule has 1 aliphatic heterocycles. The molecule has 0 radical (unpaired) electrons. The lowest BCUT2D eigenvalue weighted by atomic mass is 10.2. The lowest BCUT2D eigenvalue weighted by Gasteiger charge is -2.32. The number of morpholine rings is 1. The van der Waals surface area contributed by atoms with E-state index in [9.17, 15) is 0 Å². The first-order valence-electron chi connectivity index (χ1n) is 3.86. The van der Waals surface area contributed by atoms with Gasteiger partial charge in [0.15, 0.2) is 0 Å². The second-order valence-corrected chi connectivity index (χ2v) is 2.75. The van der Waals surface area contributed by atoms with Gasteiger partial charge in [0, 0.05) is 25.7 Å². The van der Waals surface area contributed by atoms with Crippen molar-refractivity contribution in [3.05, 3.63) is 0 Å². The van der Waals surface area contributed by atoms with Gasteiger partial charge >= 0.3 is 0 Å². The molecule has 1 heterocycles. The summed E-state index contributed by atoms with van der Waals surface area (Å²) in [6.07, 6.45) is 0. The van der Waals surface area contributed by atoms with Crippen molar-refractivity contribution in [2.75, 3.05) is 32.8 Å². The highest BCUT2D eigenvalue weighted by Gasteiger charge is 2.16. The Bertz CT molecular complexity index is 95.6. The average Bonchev–Trinajstić information content (AvgIpc) is 1.94. The molecule has 0 saturated carbocycles. The third kappa shape index (κ3) is 1.94. The summed E-state index contributed by atoms with van der Waals surface area (Å²) in [5.74, 6) is 0. The molecular formula is C7H16N2O. The Hall–Kier alpha value is -0.120. The highest BCUT2D eigenvalue weighted by molar-refractivity contribution is 4.70. The summed E-state index contributed by atoms with van der Waals surface area (Å²) in [4.78, 5) is 2.36. The molecule has 60 valence electrons. The van der Waals surface area contributed by atoms with Crippen LogP contribution in [0.1, 0.15) is 6.92 Å². The average molecular weight is 144 g/mol. The van der Waals surface area contributed by atoms with Crippen molar-refractivity contribution in [3.8, 4) is 0 Å². The zero-order valence-electron chi connectivity index (χ0n) is 6.55. The molecule has 0 aliphatic carbocycles. The summed E-state index contributed by atoms with van der Waals surface area (Å²) >= 11 is 0. The molecule has 0 aromatic carbocycles. The first kappa shape index (κ1) is 7.98. The van der Waals surface area contributed by atoms with Gasteiger partial charge in [-0.1, -0.05) is 0 Å². The van der Waals surface area contributed by atoms with E-state index in [0.717, 1.165) is 32.8 Å². The van der Waals surface area contributed by atoms with E-state index in [1.54, 1.807) is 0 Å². The van der Waals surface area contributed by atoms with Crippen LogP contribution in [0.2, 0.25) is 0 Å². The van der Waals surface area contributed by atoms with E-state index >= 15 is 0 Å². The van der Waals surface area contributed by atoms with E-state index in [4.69, 9.17) is 10.5 Å². The van der Waals surface area contributed by atoms with Crippen molar-refractivity contribution in [2.24, 2.45) is 5.73 Å². The van der Waals surface area contributed by atoms with Crippen molar-refractivity contribution >= 4 is 0 Å². The van der Waals surface area contributed by atoms with E-state index in [-0.39, 0.29) is 0 Å². The topological polar surface area (TPSA) is 38.5 Å². The molecule has 3 nitrogen and oxygen atoms in total.